The van der Waals surface area contributed by atoms with E-state index in [0.29, 0.717) is 24.5 Å². The lowest BCUT2D eigenvalue weighted by molar-refractivity contribution is 0.263. The van der Waals surface area contributed by atoms with Crippen LogP contribution in [0.3, 0.4) is 0 Å². The van der Waals surface area contributed by atoms with Crippen molar-refractivity contribution in [3.63, 3.8) is 0 Å². The Kier molecular flexibility index (Phi) is 7.46. The van der Waals surface area contributed by atoms with Gasteiger partial charge in [0.05, 0.1) is 10.6 Å². The molecule has 35 heavy (non-hydrogen) atoms. The zero-order valence-corrected chi connectivity index (χ0v) is 20.7. The summed E-state index contributed by atoms with van der Waals surface area (Å²) in [5.41, 5.74) is 2.04. The molecule has 10 heteroatoms. The SMILES string of the molecule is CC(=Nc1ccc(S(=O)(=O)NN2CC=CCC2)cc1)c1ccc(OS(=O)(=O)c2ccccc2)cc1. The molecule has 0 radical (unpaired) electrons. The topological polar surface area (TPSA) is 105 Å². The van der Waals surface area contributed by atoms with Gasteiger partial charge in [0.15, 0.2) is 0 Å². The fraction of sp³-hybridized carbons (Fsp3) is 0.160. The Morgan fingerprint density at radius 2 is 1.54 bits per heavy atom. The molecule has 0 bridgehead atoms. The molecule has 8 nitrogen and oxygen atoms in total. The van der Waals surface area contributed by atoms with Crippen LogP contribution < -0.4 is 9.01 Å². The summed E-state index contributed by atoms with van der Waals surface area (Å²) in [5.74, 6) is 0.191. The van der Waals surface area contributed by atoms with Gasteiger partial charge in [0.2, 0.25) is 0 Å². The molecule has 3 aromatic carbocycles. The van der Waals surface area contributed by atoms with Crippen molar-refractivity contribution in [1.82, 2.24) is 9.84 Å². The summed E-state index contributed by atoms with van der Waals surface area (Å²) >= 11 is 0. The molecule has 182 valence electrons. The molecular formula is C25H25N3O5S2. The molecule has 3 aromatic rings. The molecule has 0 saturated carbocycles. The molecular weight excluding hydrogens is 486 g/mol. The quantitative estimate of drug-likeness (QED) is 0.278. The molecule has 0 aromatic heterocycles. The van der Waals surface area contributed by atoms with Crippen LogP contribution in [0, 0.1) is 0 Å². The Hall–Kier alpha value is -3.31. The molecule has 0 fully saturated rings. The maximum Gasteiger partial charge on any atom is 0.339 e. The van der Waals surface area contributed by atoms with E-state index in [1.807, 2.05) is 19.1 Å². The van der Waals surface area contributed by atoms with Crippen molar-refractivity contribution in [3.8, 4) is 5.75 Å². The fourth-order valence-corrected chi connectivity index (χ4v) is 5.48. The highest BCUT2D eigenvalue weighted by Crippen LogP contribution is 2.22. The molecule has 1 N–H and O–H groups in total. The van der Waals surface area contributed by atoms with Gasteiger partial charge >= 0.3 is 10.1 Å². The second-order valence-corrected chi connectivity index (χ2v) is 11.1. The van der Waals surface area contributed by atoms with E-state index >= 15 is 0 Å². The summed E-state index contributed by atoms with van der Waals surface area (Å²) in [5, 5.41) is 1.66. The fourth-order valence-electron chi connectivity index (χ4n) is 3.42. The second-order valence-electron chi connectivity index (χ2n) is 7.87. The van der Waals surface area contributed by atoms with Crippen LogP contribution in [0.5, 0.6) is 5.75 Å². The zero-order valence-electron chi connectivity index (χ0n) is 19.0. The van der Waals surface area contributed by atoms with Gasteiger partial charge in [-0.2, -0.15) is 8.42 Å². The number of sulfonamides is 1. The van der Waals surface area contributed by atoms with Gasteiger partial charge in [-0.3, -0.25) is 4.99 Å². The van der Waals surface area contributed by atoms with Gasteiger partial charge in [0.1, 0.15) is 10.6 Å². The lowest BCUT2D eigenvalue weighted by Gasteiger charge is -2.23. The minimum atomic E-state index is -3.91. The van der Waals surface area contributed by atoms with E-state index in [1.165, 1.54) is 24.3 Å². The van der Waals surface area contributed by atoms with Crippen LogP contribution in [-0.4, -0.2) is 40.6 Å². The first-order chi connectivity index (χ1) is 16.7. The van der Waals surface area contributed by atoms with Crippen molar-refractivity contribution in [2.75, 3.05) is 13.1 Å². The number of hydrogen-bond donors (Lipinski definition) is 1. The van der Waals surface area contributed by atoms with Crippen LogP contribution in [0.25, 0.3) is 0 Å². The van der Waals surface area contributed by atoms with E-state index in [0.717, 1.165) is 12.0 Å². The van der Waals surface area contributed by atoms with E-state index in [9.17, 15) is 16.8 Å². The number of aliphatic imine (C=N–C) groups is 1. The summed E-state index contributed by atoms with van der Waals surface area (Å²) in [7, 11) is -7.58. The van der Waals surface area contributed by atoms with Crippen LogP contribution >= 0.6 is 0 Å². The Bertz CT molecular complexity index is 1430. The molecule has 0 aliphatic carbocycles. The van der Waals surface area contributed by atoms with Crippen molar-refractivity contribution >= 4 is 31.5 Å². The van der Waals surface area contributed by atoms with Crippen LogP contribution in [0.2, 0.25) is 0 Å². The third-order valence-electron chi connectivity index (χ3n) is 5.26. The van der Waals surface area contributed by atoms with Gasteiger partial charge in [-0.15, -0.1) is 4.83 Å². The molecule has 0 amide bonds. The number of nitrogens with zero attached hydrogens (tertiary/aromatic N) is 2. The highest BCUT2D eigenvalue weighted by Gasteiger charge is 2.19. The summed E-state index contributed by atoms with van der Waals surface area (Å²) in [4.78, 5) is 7.37. The molecule has 1 aliphatic rings. The summed E-state index contributed by atoms with van der Waals surface area (Å²) in [6.07, 6.45) is 4.74. The zero-order chi connectivity index (χ0) is 24.9. The smallest absolute Gasteiger partial charge is 0.339 e. The molecule has 4 rings (SSSR count). The van der Waals surface area contributed by atoms with Gasteiger partial charge < -0.3 is 4.18 Å². The van der Waals surface area contributed by atoms with Crippen molar-refractivity contribution in [2.45, 2.75) is 23.1 Å². The highest BCUT2D eigenvalue weighted by atomic mass is 32.2. The third kappa shape index (κ3) is 6.43. The second kappa shape index (κ2) is 10.5. The first-order valence-electron chi connectivity index (χ1n) is 10.9. The van der Waals surface area contributed by atoms with Gasteiger partial charge in [-0.25, -0.2) is 13.4 Å². The Morgan fingerprint density at radius 1 is 0.857 bits per heavy atom. The number of benzene rings is 3. The van der Waals surface area contributed by atoms with E-state index in [-0.39, 0.29) is 15.5 Å². The predicted molar refractivity (Wildman–Crippen MR) is 135 cm³/mol. The number of rotatable bonds is 8. The largest absolute Gasteiger partial charge is 0.379 e. The van der Waals surface area contributed by atoms with Crippen molar-refractivity contribution in [2.24, 2.45) is 4.99 Å². The van der Waals surface area contributed by atoms with Gasteiger partial charge in [0.25, 0.3) is 10.0 Å². The van der Waals surface area contributed by atoms with Crippen molar-refractivity contribution < 1.29 is 21.0 Å². The predicted octanol–water partition coefficient (Wildman–Crippen LogP) is 4.05. The summed E-state index contributed by atoms with van der Waals surface area (Å²) in [6, 6.07) is 20.8. The summed E-state index contributed by atoms with van der Waals surface area (Å²) in [6.45, 7) is 2.97. The van der Waals surface area contributed by atoms with E-state index in [4.69, 9.17) is 4.18 Å². The lowest BCUT2D eigenvalue weighted by atomic mass is 10.1. The van der Waals surface area contributed by atoms with Crippen LogP contribution in [-0.2, 0) is 20.1 Å². The standard InChI is InChI=1S/C25H25N3O5S2/c1-20(21-10-14-23(15-11-21)33-35(31,32)25-8-4-2-5-9-25)26-22-12-16-24(17-13-22)34(29,30)27-28-18-6-3-7-19-28/h2-6,8-17,27H,7,18-19H2,1H3. The normalized spacial score (nSPS) is 15.2. The Balaban J connectivity index is 1.43. The van der Waals surface area contributed by atoms with Crippen molar-refractivity contribution in [1.29, 1.82) is 0 Å². The number of hydrogen-bond acceptors (Lipinski definition) is 7. The first kappa shape index (κ1) is 24.8. The van der Waals surface area contributed by atoms with Gasteiger partial charge in [-0.05, 0) is 79.6 Å². The van der Waals surface area contributed by atoms with Gasteiger partial charge in [-0.1, -0.05) is 30.4 Å². The average Bonchev–Trinajstić information content (AvgIpc) is 2.85. The molecule has 0 atom stereocenters. The molecule has 1 heterocycles. The number of nitrogens with one attached hydrogen (secondary N) is 1. The maximum absolute atomic E-state index is 12.6. The third-order valence-corrected chi connectivity index (χ3v) is 7.91. The van der Waals surface area contributed by atoms with Crippen LogP contribution in [0.4, 0.5) is 5.69 Å². The minimum absolute atomic E-state index is 0.0789. The monoisotopic (exact) mass is 511 g/mol. The molecule has 0 saturated heterocycles. The minimum Gasteiger partial charge on any atom is -0.379 e. The van der Waals surface area contributed by atoms with Crippen molar-refractivity contribution in [3.05, 3.63) is 96.6 Å². The van der Waals surface area contributed by atoms with Crippen LogP contribution in [0.15, 0.2) is 106 Å². The molecule has 1 aliphatic heterocycles. The number of hydrazine groups is 1. The van der Waals surface area contributed by atoms with Gasteiger partial charge in [0, 0.05) is 18.8 Å². The Labute approximate surface area is 205 Å². The molecule has 0 unspecified atom stereocenters. The van der Waals surface area contributed by atoms with Crippen LogP contribution in [0.1, 0.15) is 18.9 Å². The highest BCUT2D eigenvalue weighted by molar-refractivity contribution is 7.89. The summed E-state index contributed by atoms with van der Waals surface area (Å²) < 4.78 is 55.2. The maximum atomic E-state index is 12.6. The lowest BCUT2D eigenvalue weighted by Crippen LogP contribution is -2.43. The van der Waals surface area contributed by atoms with E-state index < -0.39 is 20.1 Å². The first-order valence-corrected chi connectivity index (χ1v) is 13.8. The Morgan fingerprint density at radius 3 is 2.17 bits per heavy atom. The van der Waals surface area contributed by atoms with E-state index in [1.54, 1.807) is 59.6 Å². The molecule has 0 spiro atoms. The average molecular weight is 512 g/mol. The van der Waals surface area contributed by atoms with E-state index in [2.05, 4.69) is 9.82 Å².